The molecule has 0 atom stereocenters. The van der Waals surface area contributed by atoms with Crippen molar-refractivity contribution in [2.75, 3.05) is 0 Å². The fraction of sp³-hybridized carbons (Fsp3) is 0.167. The molecule has 2 aromatic heterocycles. The second kappa shape index (κ2) is 6.06. The minimum Gasteiger partial charge on any atom is -0.455 e. The molecule has 2 heterocycles. The van der Waals surface area contributed by atoms with Gasteiger partial charge in [-0.25, -0.2) is 0 Å². The van der Waals surface area contributed by atoms with Crippen LogP contribution >= 0.6 is 0 Å². The van der Waals surface area contributed by atoms with E-state index in [2.05, 4.69) is 67.4 Å². The standard InChI is InChI=1S/C24H20N2O2/c1-24(2,3)23-26-25-22(28-23)16-13-11-15(12-14-16)17-8-6-9-19-18-7-4-5-10-20(18)27-21(17)19/h4-14H,1-3H3. The van der Waals surface area contributed by atoms with Crippen LogP contribution in [0.15, 0.2) is 75.6 Å². The van der Waals surface area contributed by atoms with Crippen LogP contribution in [0.2, 0.25) is 0 Å². The molecule has 3 aromatic carbocycles. The molecule has 0 radical (unpaired) electrons. The Morgan fingerprint density at radius 1 is 0.679 bits per heavy atom. The molecule has 5 rings (SSSR count). The molecular weight excluding hydrogens is 348 g/mol. The molecule has 0 fully saturated rings. The van der Waals surface area contributed by atoms with Crippen LogP contribution in [0.25, 0.3) is 44.5 Å². The number of hydrogen-bond donors (Lipinski definition) is 0. The van der Waals surface area contributed by atoms with Gasteiger partial charge in [0.15, 0.2) is 0 Å². The van der Waals surface area contributed by atoms with E-state index in [9.17, 15) is 0 Å². The van der Waals surface area contributed by atoms with Crippen molar-refractivity contribution in [2.45, 2.75) is 26.2 Å². The number of nitrogens with zero attached hydrogens (tertiary/aromatic N) is 2. The Labute approximate surface area is 162 Å². The third-order valence-corrected chi connectivity index (χ3v) is 4.91. The number of rotatable bonds is 2. The Bertz CT molecular complexity index is 1290. The van der Waals surface area contributed by atoms with Crippen LogP contribution in [-0.4, -0.2) is 10.2 Å². The van der Waals surface area contributed by atoms with Gasteiger partial charge >= 0.3 is 0 Å². The summed E-state index contributed by atoms with van der Waals surface area (Å²) in [4.78, 5) is 0. The van der Waals surface area contributed by atoms with E-state index in [0.717, 1.165) is 38.6 Å². The molecule has 0 saturated heterocycles. The Kier molecular flexibility index (Phi) is 3.63. The first-order valence-electron chi connectivity index (χ1n) is 9.36. The van der Waals surface area contributed by atoms with Crippen LogP contribution in [0, 0.1) is 0 Å². The topological polar surface area (TPSA) is 52.1 Å². The quantitative estimate of drug-likeness (QED) is 0.352. The van der Waals surface area contributed by atoms with Crippen LogP contribution in [0.4, 0.5) is 0 Å². The van der Waals surface area contributed by atoms with E-state index in [1.54, 1.807) is 0 Å². The van der Waals surface area contributed by atoms with Crippen LogP contribution in [0.5, 0.6) is 0 Å². The second-order valence-corrected chi connectivity index (χ2v) is 8.02. The van der Waals surface area contributed by atoms with Gasteiger partial charge in [0.1, 0.15) is 11.2 Å². The molecule has 4 nitrogen and oxygen atoms in total. The molecule has 0 N–H and O–H groups in total. The Morgan fingerprint density at radius 2 is 1.39 bits per heavy atom. The summed E-state index contributed by atoms with van der Waals surface area (Å²) in [5.74, 6) is 1.18. The van der Waals surface area contributed by atoms with Gasteiger partial charge in [-0.1, -0.05) is 69.3 Å². The van der Waals surface area contributed by atoms with E-state index in [1.165, 1.54) is 0 Å². The first-order chi connectivity index (χ1) is 13.5. The molecule has 0 spiro atoms. The lowest BCUT2D eigenvalue weighted by atomic mass is 9.97. The zero-order valence-corrected chi connectivity index (χ0v) is 16.1. The Morgan fingerprint density at radius 3 is 2.14 bits per heavy atom. The van der Waals surface area contributed by atoms with E-state index < -0.39 is 0 Å². The molecule has 5 aromatic rings. The molecule has 0 saturated carbocycles. The van der Waals surface area contributed by atoms with Gasteiger partial charge in [0.2, 0.25) is 11.8 Å². The van der Waals surface area contributed by atoms with Gasteiger partial charge in [-0.3, -0.25) is 0 Å². The smallest absolute Gasteiger partial charge is 0.247 e. The van der Waals surface area contributed by atoms with Crippen LogP contribution in [0.3, 0.4) is 0 Å². The lowest BCUT2D eigenvalue weighted by molar-refractivity contribution is 0.399. The summed E-state index contributed by atoms with van der Waals surface area (Å²) in [5.41, 5.74) is 4.71. The van der Waals surface area contributed by atoms with Crippen molar-refractivity contribution in [1.82, 2.24) is 10.2 Å². The normalized spacial score (nSPS) is 12.1. The highest BCUT2D eigenvalue weighted by atomic mass is 16.4. The highest BCUT2D eigenvalue weighted by Crippen LogP contribution is 2.36. The monoisotopic (exact) mass is 368 g/mol. The van der Waals surface area contributed by atoms with Crippen molar-refractivity contribution < 1.29 is 8.83 Å². The van der Waals surface area contributed by atoms with Crippen molar-refractivity contribution in [1.29, 1.82) is 0 Å². The molecule has 0 bridgehead atoms. The van der Waals surface area contributed by atoms with Crippen LogP contribution in [0.1, 0.15) is 26.7 Å². The van der Waals surface area contributed by atoms with Crippen LogP contribution < -0.4 is 0 Å². The van der Waals surface area contributed by atoms with Crippen molar-refractivity contribution in [2.24, 2.45) is 0 Å². The number of fused-ring (bicyclic) bond motifs is 3. The Balaban J connectivity index is 1.57. The molecule has 138 valence electrons. The number of benzene rings is 3. The van der Waals surface area contributed by atoms with E-state index in [4.69, 9.17) is 8.83 Å². The van der Waals surface area contributed by atoms with Crippen LogP contribution in [-0.2, 0) is 5.41 Å². The van der Waals surface area contributed by atoms with Gasteiger partial charge in [0.25, 0.3) is 0 Å². The maximum Gasteiger partial charge on any atom is 0.247 e. The molecule has 0 aliphatic rings. The summed E-state index contributed by atoms with van der Waals surface area (Å²) >= 11 is 0. The largest absolute Gasteiger partial charge is 0.455 e. The average Bonchev–Trinajstić information content (AvgIpc) is 3.33. The molecule has 0 aliphatic heterocycles. The predicted octanol–water partition coefficient (Wildman–Crippen LogP) is 6.60. The summed E-state index contributed by atoms with van der Waals surface area (Å²) in [6, 6.07) is 22.5. The van der Waals surface area contributed by atoms with Gasteiger partial charge in [-0.2, -0.15) is 0 Å². The van der Waals surface area contributed by atoms with E-state index in [0.29, 0.717) is 11.8 Å². The van der Waals surface area contributed by atoms with Crippen molar-refractivity contribution in [3.8, 4) is 22.6 Å². The fourth-order valence-corrected chi connectivity index (χ4v) is 3.41. The summed E-state index contributed by atoms with van der Waals surface area (Å²) in [7, 11) is 0. The summed E-state index contributed by atoms with van der Waals surface area (Å²) in [6.07, 6.45) is 0. The zero-order chi connectivity index (χ0) is 19.3. The first-order valence-corrected chi connectivity index (χ1v) is 9.36. The SMILES string of the molecule is CC(C)(C)c1nnc(-c2ccc(-c3cccc4c3oc3ccccc34)cc2)o1. The van der Waals surface area contributed by atoms with Gasteiger partial charge in [-0.15, -0.1) is 10.2 Å². The number of para-hydroxylation sites is 2. The third kappa shape index (κ3) is 2.69. The molecule has 28 heavy (non-hydrogen) atoms. The number of hydrogen-bond acceptors (Lipinski definition) is 4. The Hall–Kier alpha value is -3.40. The molecular formula is C24H20N2O2. The van der Waals surface area contributed by atoms with Crippen molar-refractivity contribution in [3.05, 3.63) is 72.6 Å². The zero-order valence-electron chi connectivity index (χ0n) is 16.1. The fourth-order valence-electron chi connectivity index (χ4n) is 3.41. The number of aromatic nitrogens is 2. The van der Waals surface area contributed by atoms with E-state index >= 15 is 0 Å². The highest BCUT2D eigenvalue weighted by molar-refractivity contribution is 6.09. The number of furan rings is 1. The highest BCUT2D eigenvalue weighted by Gasteiger charge is 2.22. The van der Waals surface area contributed by atoms with E-state index in [1.807, 2.05) is 30.3 Å². The van der Waals surface area contributed by atoms with Crippen molar-refractivity contribution >= 4 is 21.9 Å². The van der Waals surface area contributed by atoms with Gasteiger partial charge in [-0.05, 0) is 23.8 Å². The summed E-state index contributed by atoms with van der Waals surface area (Å²) < 4.78 is 12.0. The molecule has 0 aliphatic carbocycles. The van der Waals surface area contributed by atoms with Gasteiger partial charge < -0.3 is 8.83 Å². The molecule has 4 heteroatoms. The average molecular weight is 368 g/mol. The lowest BCUT2D eigenvalue weighted by Gasteiger charge is -2.11. The van der Waals surface area contributed by atoms with Gasteiger partial charge in [0, 0.05) is 27.3 Å². The minimum atomic E-state index is -0.165. The maximum atomic E-state index is 6.15. The third-order valence-electron chi connectivity index (χ3n) is 4.91. The predicted molar refractivity (Wildman–Crippen MR) is 111 cm³/mol. The van der Waals surface area contributed by atoms with E-state index in [-0.39, 0.29) is 5.41 Å². The second-order valence-electron chi connectivity index (χ2n) is 8.02. The van der Waals surface area contributed by atoms with Gasteiger partial charge in [0.05, 0.1) is 0 Å². The minimum absolute atomic E-state index is 0.165. The maximum absolute atomic E-state index is 6.15. The first kappa shape index (κ1) is 16.8. The summed E-state index contributed by atoms with van der Waals surface area (Å²) in [5, 5.41) is 10.6. The molecule has 0 amide bonds. The molecule has 0 unspecified atom stereocenters. The lowest BCUT2D eigenvalue weighted by Crippen LogP contribution is -2.11. The summed E-state index contributed by atoms with van der Waals surface area (Å²) in [6.45, 7) is 6.17. The van der Waals surface area contributed by atoms with Crippen molar-refractivity contribution in [3.63, 3.8) is 0 Å².